The van der Waals surface area contributed by atoms with E-state index in [2.05, 4.69) is 31.3 Å². The van der Waals surface area contributed by atoms with Crippen molar-refractivity contribution in [1.82, 2.24) is 5.32 Å². The Morgan fingerprint density at radius 1 is 0.369 bits per heavy atom. The summed E-state index contributed by atoms with van der Waals surface area (Å²) in [4.78, 5) is 12.5. The minimum absolute atomic E-state index is 0.138. The van der Waals surface area contributed by atoms with Gasteiger partial charge in [0.2, 0.25) is 5.91 Å². The van der Waals surface area contributed by atoms with Crippen LogP contribution in [0.25, 0.3) is 0 Å². The molecule has 4 N–H and O–H groups in total. The predicted molar refractivity (Wildman–Crippen MR) is 287 cm³/mol. The van der Waals surface area contributed by atoms with E-state index in [1.807, 2.05) is 0 Å². The molecule has 3 atom stereocenters. The highest BCUT2D eigenvalue weighted by Gasteiger charge is 2.26. The lowest BCUT2D eigenvalue weighted by Crippen LogP contribution is -2.50. The van der Waals surface area contributed by atoms with Crippen LogP contribution >= 0.6 is 0 Å². The van der Waals surface area contributed by atoms with E-state index >= 15 is 0 Å². The molecule has 0 aliphatic carbocycles. The average molecular weight is 919 g/mol. The fourth-order valence-corrected chi connectivity index (χ4v) is 9.75. The number of carbonyl (C=O) groups is 1. The standard InChI is InChI=1S/C60H119NO4/c1-3-5-7-9-11-13-15-17-19-21-22-23-24-25-26-27-28-29-30-31-32-33-34-35-36-37-38-39-41-43-45-47-49-51-53-55-59(64)61-57(56-62)60(65)58(63)54-52-50-48-46-44-42-40-20-18-16-14-12-10-8-6-4-2/h27-28,57-58,60,62-63,65H,3-26,29-56H2,1-2H3,(H,61,64)/b28-27-. The van der Waals surface area contributed by atoms with Gasteiger partial charge in [-0.1, -0.05) is 309 Å². The van der Waals surface area contributed by atoms with E-state index in [9.17, 15) is 20.1 Å². The Bertz CT molecular complexity index is 925. The Kier molecular flexibility index (Phi) is 54.9. The summed E-state index contributed by atoms with van der Waals surface area (Å²) in [5.41, 5.74) is 0. The van der Waals surface area contributed by atoms with Crippen LogP contribution in [0.4, 0.5) is 0 Å². The third-order valence-electron chi connectivity index (χ3n) is 14.4. The average Bonchev–Trinajstić information content (AvgIpc) is 3.31. The van der Waals surface area contributed by atoms with Crippen molar-refractivity contribution >= 4 is 5.91 Å². The highest BCUT2D eigenvalue weighted by molar-refractivity contribution is 5.76. The smallest absolute Gasteiger partial charge is 0.220 e. The molecule has 0 aromatic rings. The molecular formula is C60H119NO4. The number of allylic oxidation sites excluding steroid dienone is 2. The first kappa shape index (κ1) is 64.1. The van der Waals surface area contributed by atoms with Crippen LogP contribution in [-0.2, 0) is 4.79 Å². The zero-order valence-corrected chi connectivity index (χ0v) is 44.4. The van der Waals surface area contributed by atoms with Crippen LogP contribution in [0, 0.1) is 0 Å². The van der Waals surface area contributed by atoms with E-state index in [1.54, 1.807) is 0 Å². The molecule has 0 heterocycles. The van der Waals surface area contributed by atoms with E-state index in [0.717, 1.165) is 32.1 Å². The number of unbranched alkanes of at least 4 members (excludes halogenated alkanes) is 46. The van der Waals surface area contributed by atoms with Crippen molar-refractivity contribution in [2.24, 2.45) is 0 Å². The van der Waals surface area contributed by atoms with Crippen molar-refractivity contribution in [1.29, 1.82) is 0 Å². The molecule has 65 heavy (non-hydrogen) atoms. The monoisotopic (exact) mass is 918 g/mol. The molecule has 0 bridgehead atoms. The number of aliphatic hydroxyl groups is 3. The fraction of sp³-hybridized carbons (Fsp3) is 0.950. The van der Waals surface area contributed by atoms with Crippen molar-refractivity contribution in [3.63, 3.8) is 0 Å². The lowest BCUT2D eigenvalue weighted by Gasteiger charge is -2.26. The molecule has 0 aliphatic rings. The molecule has 1 amide bonds. The Balaban J connectivity index is 3.44. The summed E-state index contributed by atoms with van der Waals surface area (Å²) < 4.78 is 0. The molecule has 0 aromatic heterocycles. The van der Waals surface area contributed by atoms with Gasteiger partial charge in [0.1, 0.15) is 6.10 Å². The van der Waals surface area contributed by atoms with Gasteiger partial charge in [-0.25, -0.2) is 0 Å². The maximum Gasteiger partial charge on any atom is 0.220 e. The maximum absolute atomic E-state index is 12.5. The minimum atomic E-state index is -1.13. The van der Waals surface area contributed by atoms with Gasteiger partial charge in [-0.15, -0.1) is 0 Å². The third kappa shape index (κ3) is 50.8. The Hall–Kier alpha value is -0.910. The van der Waals surface area contributed by atoms with E-state index in [0.29, 0.717) is 12.8 Å². The van der Waals surface area contributed by atoms with Gasteiger partial charge in [0.05, 0.1) is 18.8 Å². The van der Waals surface area contributed by atoms with Gasteiger partial charge in [0.15, 0.2) is 0 Å². The van der Waals surface area contributed by atoms with Gasteiger partial charge in [-0.2, -0.15) is 0 Å². The number of amides is 1. The number of rotatable bonds is 56. The van der Waals surface area contributed by atoms with E-state index in [4.69, 9.17) is 0 Å². The zero-order chi connectivity index (χ0) is 47.2. The van der Waals surface area contributed by atoms with E-state index in [-0.39, 0.29) is 12.5 Å². The molecule has 0 rings (SSSR count). The number of carbonyl (C=O) groups excluding carboxylic acids is 1. The Morgan fingerprint density at radius 2 is 0.615 bits per heavy atom. The van der Waals surface area contributed by atoms with Gasteiger partial charge in [-0.3, -0.25) is 4.79 Å². The van der Waals surface area contributed by atoms with Gasteiger partial charge in [-0.05, 0) is 38.5 Å². The van der Waals surface area contributed by atoms with E-state index in [1.165, 1.54) is 283 Å². The molecule has 5 heteroatoms. The van der Waals surface area contributed by atoms with Crippen LogP contribution in [0.2, 0.25) is 0 Å². The van der Waals surface area contributed by atoms with Crippen molar-refractivity contribution in [3.05, 3.63) is 12.2 Å². The van der Waals surface area contributed by atoms with Crippen LogP contribution in [-0.4, -0.2) is 46.1 Å². The quantitative estimate of drug-likeness (QED) is 0.0361. The molecule has 388 valence electrons. The largest absolute Gasteiger partial charge is 0.394 e. The molecule has 3 unspecified atom stereocenters. The highest BCUT2D eigenvalue weighted by atomic mass is 16.3. The molecule has 0 aromatic carbocycles. The molecule has 0 radical (unpaired) electrons. The summed E-state index contributed by atoms with van der Waals surface area (Å²) in [5.74, 6) is -0.138. The van der Waals surface area contributed by atoms with Gasteiger partial charge in [0, 0.05) is 6.42 Å². The maximum atomic E-state index is 12.5. The first-order valence-corrected chi connectivity index (χ1v) is 30.0. The van der Waals surface area contributed by atoms with Crippen LogP contribution < -0.4 is 5.32 Å². The molecule has 0 aliphatic heterocycles. The normalized spacial score (nSPS) is 13.2. The number of hydrogen-bond acceptors (Lipinski definition) is 4. The zero-order valence-electron chi connectivity index (χ0n) is 44.4. The number of hydrogen-bond donors (Lipinski definition) is 4. The van der Waals surface area contributed by atoms with Gasteiger partial charge in [0.25, 0.3) is 0 Å². The summed E-state index contributed by atoms with van der Waals surface area (Å²) in [5, 5.41) is 33.8. The Morgan fingerprint density at radius 3 is 0.892 bits per heavy atom. The highest BCUT2D eigenvalue weighted by Crippen LogP contribution is 2.18. The summed E-state index contributed by atoms with van der Waals surface area (Å²) in [7, 11) is 0. The lowest BCUT2D eigenvalue weighted by atomic mass is 9.99. The van der Waals surface area contributed by atoms with E-state index < -0.39 is 18.2 Å². The number of nitrogens with one attached hydrogen (secondary N) is 1. The van der Waals surface area contributed by atoms with Crippen LogP contribution in [0.15, 0.2) is 12.2 Å². The SMILES string of the molecule is CCCCCCCCCCCCCCCC/C=C\CCCCCCCCCCCCCCCCCCCC(=O)NC(CO)C(O)C(O)CCCCCCCCCCCCCCCCCC. The summed E-state index contributed by atoms with van der Waals surface area (Å²) in [6, 6.07) is -0.806. The molecule has 0 saturated carbocycles. The minimum Gasteiger partial charge on any atom is -0.394 e. The first-order chi connectivity index (χ1) is 32.1. The molecular weight excluding hydrogens is 799 g/mol. The van der Waals surface area contributed by atoms with Crippen molar-refractivity contribution in [2.75, 3.05) is 6.61 Å². The van der Waals surface area contributed by atoms with Crippen LogP contribution in [0.5, 0.6) is 0 Å². The summed E-state index contributed by atoms with van der Waals surface area (Å²) in [6.07, 6.45) is 69.6. The second-order valence-electron chi connectivity index (χ2n) is 20.9. The lowest BCUT2D eigenvalue weighted by molar-refractivity contribution is -0.124. The van der Waals surface area contributed by atoms with Gasteiger partial charge < -0.3 is 20.6 Å². The second-order valence-corrected chi connectivity index (χ2v) is 20.9. The third-order valence-corrected chi connectivity index (χ3v) is 14.4. The Labute approximate surface area is 408 Å². The second kappa shape index (κ2) is 55.7. The van der Waals surface area contributed by atoms with Crippen molar-refractivity contribution in [2.45, 2.75) is 360 Å². The topological polar surface area (TPSA) is 89.8 Å². The van der Waals surface area contributed by atoms with Crippen LogP contribution in [0.1, 0.15) is 341 Å². The molecule has 0 spiro atoms. The predicted octanol–water partition coefficient (Wildman–Crippen LogP) is 18.7. The van der Waals surface area contributed by atoms with Crippen molar-refractivity contribution < 1.29 is 20.1 Å². The van der Waals surface area contributed by atoms with Gasteiger partial charge >= 0.3 is 0 Å². The number of aliphatic hydroxyl groups excluding tert-OH is 3. The van der Waals surface area contributed by atoms with Crippen LogP contribution in [0.3, 0.4) is 0 Å². The molecule has 5 nitrogen and oxygen atoms in total. The van der Waals surface area contributed by atoms with Crippen molar-refractivity contribution in [3.8, 4) is 0 Å². The molecule has 0 saturated heterocycles. The molecule has 0 fully saturated rings. The fourth-order valence-electron chi connectivity index (χ4n) is 9.75. The first-order valence-electron chi connectivity index (χ1n) is 30.0. The summed E-state index contributed by atoms with van der Waals surface area (Å²) in [6.45, 7) is 4.22. The summed E-state index contributed by atoms with van der Waals surface area (Å²) >= 11 is 0.